The molecule has 0 bridgehead atoms. The summed E-state index contributed by atoms with van der Waals surface area (Å²) in [4.78, 5) is 29.0. The van der Waals surface area contributed by atoms with Crippen LogP contribution in [0.4, 0.5) is 5.69 Å². The van der Waals surface area contributed by atoms with E-state index in [-0.39, 0.29) is 23.8 Å². The van der Waals surface area contributed by atoms with Crippen LogP contribution in [0.2, 0.25) is 0 Å². The second-order valence-electron chi connectivity index (χ2n) is 8.34. The fraction of sp³-hybridized carbons (Fsp3) is 0.185. The van der Waals surface area contributed by atoms with Crippen molar-refractivity contribution in [1.29, 1.82) is 5.26 Å². The van der Waals surface area contributed by atoms with E-state index in [0.717, 1.165) is 10.9 Å². The number of benzene rings is 3. The monoisotopic (exact) mass is 559 g/mol. The molecular weight excluding hydrogens is 538 g/mol. The summed E-state index contributed by atoms with van der Waals surface area (Å²) in [5, 5.41) is 25.6. The van der Waals surface area contributed by atoms with Gasteiger partial charge in [0.25, 0.3) is 11.2 Å². The summed E-state index contributed by atoms with van der Waals surface area (Å²) in [6, 6.07) is 18.5. The van der Waals surface area contributed by atoms with Crippen LogP contribution in [0.15, 0.2) is 75.0 Å². The minimum absolute atomic E-state index is 0.0683. The van der Waals surface area contributed by atoms with Gasteiger partial charge in [-0.25, -0.2) is 4.98 Å². The fourth-order valence-electron chi connectivity index (χ4n) is 3.69. The summed E-state index contributed by atoms with van der Waals surface area (Å²) in [5.74, 6) is 0.729. The average molecular weight is 560 g/mol. The van der Waals surface area contributed by atoms with Gasteiger partial charge in [-0.05, 0) is 36.8 Å². The number of nitro groups is 1. The summed E-state index contributed by atoms with van der Waals surface area (Å²) in [7, 11) is 0. The molecule has 37 heavy (non-hydrogen) atoms. The number of nitrogens with zero attached hydrogens (tertiary/aromatic N) is 5. The van der Waals surface area contributed by atoms with Gasteiger partial charge in [-0.3, -0.25) is 14.9 Å². The summed E-state index contributed by atoms with van der Waals surface area (Å²) < 4.78 is 7.90. The largest absolute Gasteiger partial charge is 0.488 e. The Morgan fingerprint density at radius 2 is 2.03 bits per heavy atom. The molecule has 0 unspecified atom stereocenters. The maximum Gasteiger partial charge on any atom is 0.282 e. The van der Waals surface area contributed by atoms with Gasteiger partial charge in [0.15, 0.2) is 0 Å². The van der Waals surface area contributed by atoms with Gasteiger partial charge in [0.05, 0.1) is 33.7 Å². The lowest BCUT2D eigenvalue weighted by Gasteiger charge is -2.14. The normalized spacial score (nSPS) is 11.9. The fourth-order valence-corrected chi connectivity index (χ4v) is 4.05. The second-order valence-corrected chi connectivity index (χ2v) is 9.25. The molecule has 0 spiro atoms. The van der Waals surface area contributed by atoms with Crippen molar-refractivity contribution in [1.82, 2.24) is 9.66 Å². The molecule has 0 N–H and O–H groups in total. The third-order valence-electron chi connectivity index (χ3n) is 5.92. The highest BCUT2D eigenvalue weighted by Crippen LogP contribution is 2.25. The van der Waals surface area contributed by atoms with Crippen LogP contribution in [-0.4, -0.2) is 20.8 Å². The van der Waals surface area contributed by atoms with Gasteiger partial charge in [0, 0.05) is 33.7 Å². The van der Waals surface area contributed by atoms with Crippen LogP contribution >= 0.6 is 15.9 Å². The van der Waals surface area contributed by atoms with Gasteiger partial charge in [0.1, 0.15) is 18.2 Å². The Labute approximate surface area is 220 Å². The third kappa shape index (κ3) is 5.57. The lowest BCUT2D eigenvalue weighted by Crippen LogP contribution is -2.23. The van der Waals surface area contributed by atoms with E-state index in [1.165, 1.54) is 29.1 Å². The van der Waals surface area contributed by atoms with Crippen LogP contribution < -0.4 is 10.3 Å². The Balaban J connectivity index is 1.80. The molecule has 186 valence electrons. The highest BCUT2D eigenvalue weighted by Gasteiger charge is 2.17. The molecule has 1 heterocycles. The maximum atomic E-state index is 13.4. The van der Waals surface area contributed by atoms with Gasteiger partial charge in [-0.2, -0.15) is 15.0 Å². The number of halogens is 1. The van der Waals surface area contributed by atoms with Crippen LogP contribution in [0.5, 0.6) is 5.75 Å². The summed E-state index contributed by atoms with van der Waals surface area (Å²) >= 11 is 3.39. The smallest absolute Gasteiger partial charge is 0.282 e. The zero-order valence-corrected chi connectivity index (χ0v) is 21.7. The Morgan fingerprint density at radius 3 is 2.76 bits per heavy atom. The summed E-state index contributed by atoms with van der Waals surface area (Å²) in [6.07, 6.45) is 2.09. The minimum Gasteiger partial charge on any atom is -0.488 e. The number of rotatable bonds is 8. The first-order valence-electron chi connectivity index (χ1n) is 11.5. The van der Waals surface area contributed by atoms with Crippen LogP contribution in [-0.2, 0) is 6.61 Å². The van der Waals surface area contributed by atoms with E-state index < -0.39 is 4.92 Å². The van der Waals surface area contributed by atoms with Crippen molar-refractivity contribution in [3.8, 4) is 11.8 Å². The maximum absolute atomic E-state index is 13.4. The molecule has 0 saturated heterocycles. The van der Waals surface area contributed by atoms with Crippen molar-refractivity contribution in [2.75, 3.05) is 0 Å². The predicted octanol–water partition coefficient (Wildman–Crippen LogP) is 5.91. The van der Waals surface area contributed by atoms with Crippen LogP contribution in [0.25, 0.3) is 10.9 Å². The molecule has 0 saturated carbocycles. The van der Waals surface area contributed by atoms with Gasteiger partial charge in [0.2, 0.25) is 0 Å². The van der Waals surface area contributed by atoms with E-state index in [9.17, 15) is 20.2 Å². The molecule has 1 atom stereocenters. The number of ether oxygens (including phenoxy) is 1. The molecule has 0 fully saturated rings. The van der Waals surface area contributed by atoms with Gasteiger partial charge in [-0.15, -0.1) is 0 Å². The predicted molar refractivity (Wildman–Crippen MR) is 144 cm³/mol. The molecule has 9 nitrogen and oxygen atoms in total. The van der Waals surface area contributed by atoms with Crippen molar-refractivity contribution in [2.45, 2.75) is 32.8 Å². The minimum atomic E-state index is -0.516. The second kappa shape index (κ2) is 11.1. The third-order valence-corrected chi connectivity index (χ3v) is 6.42. The zero-order valence-electron chi connectivity index (χ0n) is 20.1. The topological polar surface area (TPSA) is 123 Å². The summed E-state index contributed by atoms with van der Waals surface area (Å²) in [5.41, 5.74) is 1.50. The Bertz CT molecular complexity index is 1620. The van der Waals surface area contributed by atoms with Gasteiger partial charge < -0.3 is 4.74 Å². The Hall–Kier alpha value is -4.36. The van der Waals surface area contributed by atoms with Crippen molar-refractivity contribution >= 4 is 38.7 Å². The van der Waals surface area contributed by atoms with Crippen LogP contribution in [0.1, 0.15) is 48.7 Å². The number of nitriles is 1. The van der Waals surface area contributed by atoms with Crippen molar-refractivity contribution < 1.29 is 9.66 Å². The zero-order chi connectivity index (χ0) is 26.5. The molecule has 0 amide bonds. The van der Waals surface area contributed by atoms with E-state index in [1.54, 1.807) is 36.4 Å². The molecule has 4 aromatic rings. The number of aromatic nitrogens is 2. The lowest BCUT2D eigenvalue weighted by atomic mass is 10.1. The molecule has 0 radical (unpaired) electrons. The van der Waals surface area contributed by atoms with Crippen LogP contribution in [0, 0.1) is 21.4 Å². The number of nitro benzene ring substituents is 1. The number of hydrogen-bond acceptors (Lipinski definition) is 7. The SMILES string of the molecule is CC[C@H](C)c1nc2ccc(Br)cc2c(=O)n1N=Cc1cc([N+](=O)[O-])ccc1OCc1ccccc1C#N. The highest BCUT2D eigenvalue weighted by molar-refractivity contribution is 9.10. The first-order chi connectivity index (χ1) is 17.8. The lowest BCUT2D eigenvalue weighted by molar-refractivity contribution is -0.384. The number of fused-ring (bicyclic) bond motifs is 1. The van der Waals surface area contributed by atoms with E-state index in [1.807, 2.05) is 19.9 Å². The quantitative estimate of drug-likeness (QED) is 0.150. The first-order valence-corrected chi connectivity index (χ1v) is 12.3. The molecule has 0 aliphatic carbocycles. The first kappa shape index (κ1) is 25.7. The molecule has 4 rings (SSSR count). The molecule has 10 heteroatoms. The van der Waals surface area contributed by atoms with Gasteiger partial charge in [-0.1, -0.05) is 48.0 Å². The molecule has 0 aliphatic heterocycles. The molecule has 1 aromatic heterocycles. The standard InChI is InChI=1S/C27H22BrN5O4/c1-3-17(2)26-31-24-10-8-21(28)13-23(24)27(34)32(26)30-15-20-12-22(33(35)36)9-11-25(20)37-16-19-7-5-4-6-18(19)14-29/h4-13,15,17H,3,16H2,1-2H3/t17-/m0/s1. The van der Waals surface area contributed by atoms with Crippen molar-refractivity contribution in [3.05, 3.63) is 108 Å². The summed E-state index contributed by atoms with van der Waals surface area (Å²) in [6.45, 7) is 4.02. The highest BCUT2D eigenvalue weighted by atomic mass is 79.9. The van der Waals surface area contributed by atoms with E-state index in [2.05, 4.69) is 32.1 Å². The average Bonchev–Trinajstić information content (AvgIpc) is 2.91. The Kier molecular flexibility index (Phi) is 7.74. The Morgan fingerprint density at radius 1 is 1.24 bits per heavy atom. The van der Waals surface area contributed by atoms with E-state index in [0.29, 0.717) is 39.2 Å². The number of hydrogen-bond donors (Lipinski definition) is 0. The molecule has 0 aliphatic rings. The van der Waals surface area contributed by atoms with Crippen molar-refractivity contribution in [2.24, 2.45) is 5.10 Å². The van der Waals surface area contributed by atoms with Crippen LogP contribution in [0.3, 0.4) is 0 Å². The van der Waals surface area contributed by atoms with E-state index >= 15 is 0 Å². The van der Waals surface area contributed by atoms with Gasteiger partial charge >= 0.3 is 0 Å². The van der Waals surface area contributed by atoms with E-state index in [4.69, 9.17) is 4.74 Å². The molecule has 3 aromatic carbocycles. The molecular formula is C27H22BrN5O4. The van der Waals surface area contributed by atoms with Crippen molar-refractivity contribution in [3.63, 3.8) is 0 Å². The number of non-ortho nitro benzene ring substituents is 1.